The number of para-hydroxylation sites is 1. The Kier molecular flexibility index (Phi) is 6.65. The predicted molar refractivity (Wildman–Crippen MR) is 147 cm³/mol. The predicted octanol–water partition coefficient (Wildman–Crippen LogP) is 4.96. The molecule has 4 aromatic rings. The van der Waals surface area contributed by atoms with Gasteiger partial charge in [-0.25, -0.2) is 0 Å². The van der Waals surface area contributed by atoms with E-state index in [9.17, 15) is 9.59 Å². The number of rotatable bonds is 9. The summed E-state index contributed by atoms with van der Waals surface area (Å²) in [4.78, 5) is 33.1. The number of fused-ring (bicyclic) bond motifs is 5. The lowest BCUT2D eigenvalue weighted by atomic mass is 9.94. The van der Waals surface area contributed by atoms with Crippen molar-refractivity contribution in [2.24, 2.45) is 0 Å². The van der Waals surface area contributed by atoms with Gasteiger partial charge < -0.3 is 14.4 Å². The molecular weight excluding hydrogens is 448 g/mol. The van der Waals surface area contributed by atoms with Gasteiger partial charge in [-0.3, -0.25) is 14.5 Å². The number of hydrogen-bond donors (Lipinski definition) is 0. The highest BCUT2D eigenvalue weighted by Crippen LogP contribution is 2.42. The third-order valence-electron chi connectivity index (χ3n) is 7.03. The average molecular weight is 483 g/mol. The van der Waals surface area contributed by atoms with Gasteiger partial charge in [-0.15, -0.1) is 0 Å². The minimum absolute atomic E-state index is 0.172. The molecule has 0 spiro atoms. The van der Waals surface area contributed by atoms with Gasteiger partial charge in [0.2, 0.25) is 0 Å². The second kappa shape index (κ2) is 9.88. The smallest absolute Gasteiger partial charge is 0.262 e. The first kappa shape index (κ1) is 24.2. The van der Waals surface area contributed by atoms with Crippen molar-refractivity contribution >= 4 is 33.6 Å². The van der Waals surface area contributed by atoms with Gasteiger partial charge in [0.15, 0.2) is 0 Å². The van der Waals surface area contributed by atoms with Crippen LogP contribution in [0.4, 0.5) is 0 Å². The molecule has 5 rings (SSSR count). The van der Waals surface area contributed by atoms with Crippen molar-refractivity contribution in [3.8, 4) is 11.1 Å². The second-order valence-corrected chi connectivity index (χ2v) is 10.2. The van der Waals surface area contributed by atoms with Gasteiger partial charge in [-0.05, 0) is 71.8 Å². The van der Waals surface area contributed by atoms with Crippen LogP contribution < -0.4 is 0 Å². The number of aryl methyl sites for hydroxylation is 1. The maximum atomic E-state index is 13.8. The standard InChI is InChI=1S/C30H34N4O2/c1-31(2)16-10-18-33-25-15-9-8-14-22(25)26-27-24(20-23(28(26)33)21-12-6-5-7-13-21)29(35)34(30(27)36)19-11-17-32(3)4/h5-9,12-15,20H,10-11,16-19H2,1-4H3. The fourth-order valence-electron chi connectivity index (χ4n) is 5.38. The fraction of sp³-hybridized carbons (Fsp3) is 0.333. The Bertz CT molecular complexity index is 1440. The largest absolute Gasteiger partial charge is 0.340 e. The third-order valence-corrected chi connectivity index (χ3v) is 7.03. The number of imide groups is 1. The normalized spacial score (nSPS) is 13.7. The molecule has 36 heavy (non-hydrogen) atoms. The lowest BCUT2D eigenvalue weighted by Crippen LogP contribution is -2.32. The maximum absolute atomic E-state index is 13.8. The van der Waals surface area contributed by atoms with E-state index >= 15 is 0 Å². The van der Waals surface area contributed by atoms with Gasteiger partial charge in [0.05, 0.1) is 16.6 Å². The zero-order valence-electron chi connectivity index (χ0n) is 21.6. The van der Waals surface area contributed by atoms with E-state index in [4.69, 9.17) is 0 Å². The highest BCUT2D eigenvalue weighted by atomic mass is 16.2. The Hall–Kier alpha value is -3.48. The quantitative estimate of drug-likeness (QED) is 0.317. The SMILES string of the molecule is CN(C)CCCN1C(=O)c2cc(-c3ccccc3)c3c(c2C1=O)c1ccccc1n3CCCN(C)C. The zero-order valence-corrected chi connectivity index (χ0v) is 21.6. The number of benzene rings is 3. The molecule has 0 fully saturated rings. The summed E-state index contributed by atoms with van der Waals surface area (Å²) in [5.41, 5.74) is 5.27. The van der Waals surface area contributed by atoms with E-state index in [2.05, 4.69) is 52.7 Å². The number of carbonyl (C=O) groups excluding carboxylic acids is 2. The van der Waals surface area contributed by atoms with Gasteiger partial charge in [0.25, 0.3) is 11.8 Å². The minimum Gasteiger partial charge on any atom is -0.340 e. The van der Waals surface area contributed by atoms with E-state index in [1.807, 2.05) is 50.5 Å². The summed E-state index contributed by atoms with van der Waals surface area (Å²) < 4.78 is 2.35. The number of nitrogens with zero attached hydrogens (tertiary/aromatic N) is 4. The lowest BCUT2D eigenvalue weighted by Gasteiger charge is -2.15. The topological polar surface area (TPSA) is 48.8 Å². The van der Waals surface area contributed by atoms with Gasteiger partial charge in [0, 0.05) is 34.9 Å². The number of amides is 2. The molecule has 6 nitrogen and oxygen atoms in total. The summed E-state index contributed by atoms with van der Waals surface area (Å²) in [6.07, 6.45) is 1.73. The van der Waals surface area contributed by atoms with E-state index in [-0.39, 0.29) is 11.8 Å². The number of hydrogen-bond acceptors (Lipinski definition) is 4. The van der Waals surface area contributed by atoms with Gasteiger partial charge in [-0.1, -0.05) is 48.5 Å². The van der Waals surface area contributed by atoms with Crippen molar-refractivity contribution < 1.29 is 9.59 Å². The molecule has 6 heteroatoms. The summed E-state index contributed by atoms with van der Waals surface area (Å²) in [6, 6.07) is 20.4. The molecule has 0 saturated carbocycles. The van der Waals surface area contributed by atoms with Gasteiger partial charge in [0.1, 0.15) is 0 Å². The van der Waals surface area contributed by atoms with Gasteiger partial charge in [-0.2, -0.15) is 0 Å². The summed E-state index contributed by atoms with van der Waals surface area (Å²) in [5.74, 6) is -0.355. The van der Waals surface area contributed by atoms with Crippen molar-refractivity contribution in [2.45, 2.75) is 19.4 Å². The van der Waals surface area contributed by atoms with Crippen LogP contribution in [-0.4, -0.2) is 78.9 Å². The van der Waals surface area contributed by atoms with Crippen molar-refractivity contribution in [1.29, 1.82) is 0 Å². The Labute approximate surface area is 212 Å². The molecule has 1 aliphatic rings. The first-order valence-electron chi connectivity index (χ1n) is 12.7. The van der Waals surface area contributed by atoms with E-state index in [0.29, 0.717) is 17.7 Å². The molecule has 0 atom stereocenters. The molecule has 2 heterocycles. The molecular formula is C30H34N4O2. The number of aromatic nitrogens is 1. The van der Waals surface area contributed by atoms with Crippen LogP contribution in [0, 0.1) is 0 Å². The molecule has 1 aliphatic heterocycles. The first-order chi connectivity index (χ1) is 17.4. The van der Waals surface area contributed by atoms with Crippen LogP contribution in [0.25, 0.3) is 32.9 Å². The molecule has 0 bridgehead atoms. The third kappa shape index (κ3) is 4.21. The minimum atomic E-state index is -0.183. The van der Waals surface area contributed by atoms with Crippen LogP contribution in [0.1, 0.15) is 33.6 Å². The monoisotopic (exact) mass is 482 g/mol. The van der Waals surface area contributed by atoms with Crippen LogP contribution in [-0.2, 0) is 6.54 Å². The van der Waals surface area contributed by atoms with Crippen molar-refractivity contribution in [2.75, 3.05) is 47.8 Å². The van der Waals surface area contributed by atoms with Crippen LogP contribution >= 0.6 is 0 Å². The molecule has 0 N–H and O–H groups in total. The Morgan fingerprint density at radius 2 is 1.36 bits per heavy atom. The molecule has 0 unspecified atom stereocenters. The summed E-state index contributed by atoms with van der Waals surface area (Å²) in [5, 5.41) is 1.93. The summed E-state index contributed by atoms with van der Waals surface area (Å²) in [6.45, 7) is 3.05. The molecule has 2 amide bonds. The van der Waals surface area contributed by atoms with E-state index in [1.165, 1.54) is 4.90 Å². The highest BCUT2D eigenvalue weighted by molar-refractivity contribution is 6.31. The van der Waals surface area contributed by atoms with Crippen LogP contribution in [0.5, 0.6) is 0 Å². The van der Waals surface area contributed by atoms with Crippen LogP contribution in [0.15, 0.2) is 60.7 Å². The Morgan fingerprint density at radius 1 is 0.722 bits per heavy atom. The van der Waals surface area contributed by atoms with Crippen molar-refractivity contribution in [1.82, 2.24) is 19.3 Å². The molecule has 0 aliphatic carbocycles. The molecule has 3 aromatic carbocycles. The molecule has 186 valence electrons. The molecule has 1 aromatic heterocycles. The maximum Gasteiger partial charge on any atom is 0.262 e. The van der Waals surface area contributed by atoms with E-state index < -0.39 is 0 Å². The lowest BCUT2D eigenvalue weighted by molar-refractivity contribution is 0.0650. The number of carbonyl (C=O) groups is 2. The Balaban J connectivity index is 1.75. The molecule has 0 radical (unpaired) electrons. The molecule has 0 saturated heterocycles. The highest BCUT2D eigenvalue weighted by Gasteiger charge is 2.39. The van der Waals surface area contributed by atoms with Crippen LogP contribution in [0.2, 0.25) is 0 Å². The first-order valence-corrected chi connectivity index (χ1v) is 12.7. The average Bonchev–Trinajstić information content (AvgIpc) is 3.31. The fourth-order valence-corrected chi connectivity index (χ4v) is 5.38. The van der Waals surface area contributed by atoms with Crippen LogP contribution in [0.3, 0.4) is 0 Å². The van der Waals surface area contributed by atoms with Crippen molar-refractivity contribution in [3.05, 3.63) is 71.8 Å². The second-order valence-electron chi connectivity index (χ2n) is 10.2. The van der Waals surface area contributed by atoms with Gasteiger partial charge >= 0.3 is 0 Å². The van der Waals surface area contributed by atoms with E-state index in [0.717, 1.165) is 65.4 Å². The van der Waals surface area contributed by atoms with Crippen molar-refractivity contribution in [3.63, 3.8) is 0 Å². The summed E-state index contributed by atoms with van der Waals surface area (Å²) >= 11 is 0. The summed E-state index contributed by atoms with van der Waals surface area (Å²) in [7, 11) is 8.18. The Morgan fingerprint density at radius 3 is 2.06 bits per heavy atom. The zero-order chi connectivity index (χ0) is 25.4. The van der Waals surface area contributed by atoms with E-state index in [1.54, 1.807) is 0 Å².